The molecule has 0 saturated heterocycles. The maximum Gasteiger partial charge on any atom is 0.344 e. The van der Waals surface area contributed by atoms with Gasteiger partial charge >= 0.3 is 5.97 Å². The van der Waals surface area contributed by atoms with Crippen LogP contribution >= 0.6 is 0 Å². The van der Waals surface area contributed by atoms with E-state index < -0.39 is 10.9 Å². The largest absolute Gasteiger partial charge is 0.465 e. The van der Waals surface area contributed by atoms with Gasteiger partial charge in [-0.3, -0.25) is 14.9 Å². The van der Waals surface area contributed by atoms with E-state index in [9.17, 15) is 19.7 Å². The molecule has 1 amide bonds. The van der Waals surface area contributed by atoms with E-state index in [0.29, 0.717) is 17.8 Å². The van der Waals surface area contributed by atoms with Gasteiger partial charge in [-0.1, -0.05) is 12.1 Å². The van der Waals surface area contributed by atoms with E-state index in [2.05, 4.69) is 10.1 Å². The lowest BCUT2D eigenvalue weighted by Gasteiger charge is -2.20. The van der Waals surface area contributed by atoms with Gasteiger partial charge in [0.2, 0.25) is 0 Å². The Balaban J connectivity index is 2.24. The molecule has 2 rings (SSSR count). The van der Waals surface area contributed by atoms with E-state index in [4.69, 9.17) is 0 Å². The Morgan fingerprint density at radius 2 is 1.85 bits per heavy atom. The highest BCUT2D eigenvalue weighted by atomic mass is 16.6. The Kier molecular flexibility index (Phi) is 5.90. The first-order valence-electron chi connectivity index (χ1n) is 7.76. The average Bonchev–Trinajstić information content (AvgIpc) is 2.66. The van der Waals surface area contributed by atoms with E-state index in [-0.39, 0.29) is 17.2 Å². The van der Waals surface area contributed by atoms with Gasteiger partial charge in [-0.25, -0.2) is 4.79 Å². The van der Waals surface area contributed by atoms with Crippen LogP contribution in [-0.2, 0) is 11.3 Å². The van der Waals surface area contributed by atoms with Crippen LogP contribution in [0.3, 0.4) is 0 Å². The van der Waals surface area contributed by atoms with Crippen molar-refractivity contribution in [1.29, 1.82) is 0 Å². The Hall–Kier alpha value is -3.42. The second-order valence-electron chi connectivity index (χ2n) is 5.58. The molecule has 0 heterocycles. The van der Waals surface area contributed by atoms with Crippen molar-refractivity contribution < 1.29 is 19.2 Å². The van der Waals surface area contributed by atoms with Gasteiger partial charge in [0.05, 0.1) is 12.0 Å². The number of methoxy groups -OCH3 is 1. The third kappa shape index (κ3) is 4.15. The molecular formula is C18H19N3O5. The monoisotopic (exact) mass is 357 g/mol. The fourth-order valence-electron chi connectivity index (χ4n) is 2.47. The highest BCUT2D eigenvalue weighted by Crippen LogP contribution is 2.26. The number of esters is 1. The summed E-state index contributed by atoms with van der Waals surface area (Å²) in [6, 6.07) is 11.4. The Morgan fingerprint density at radius 3 is 2.38 bits per heavy atom. The second kappa shape index (κ2) is 8.11. The molecule has 136 valence electrons. The lowest BCUT2D eigenvalue weighted by atomic mass is 10.1. The van der Waals surface area contributed by atoms with Crippen molar-refractivity contribution >= 4 is 23.3 Å². The van der Waals surface area contributed by atoms with Crippen LogP contribution in [0, 0.1) is 10.1 Å². The molecular weight excluding hydrogens is 338 g/mol. The van der Waals surface area contributed by atoms with Gasteiger partial charge in [0.1, 0.15) is 5.56 Å². The maximum absolute atomic E-state index is 11.8. The summed E-state index contributed by atoms with van der Waals surface area (Å²) in [4.78, 5) is 35.7. The van der Waals surface area contributed by atoms with Crippen molar-refractivity contribution in [1.82, 2.24) is 5.32 Å². The SMILES string of the molecule is CNC(=O)c1ccc(CN(C)c2ccc([N+](=O)[O-])c(C(=O)OC)c2)cc1. The van der Waals surface area contributed by atoms with Gasteiger partial charge in [-0.05, 0) is 29.8 Å². The number of benzene rings is 2. The highest BCUT2D eigenvalue weighted by molar-refractivity contribution is 5.95. The topological polar surface area (TPSA) is 102 Å². The molecule has 26 heavy (non-hydrogen) atoms. The third-order valence-corrected chi connectivity index (χ3v) is 3.89. The lowest BCUT2D eigenvalue weighted by Crippen LogP contribution is -2.19. The molecule has 0 unspecified atom stereocenters. The second-order valence-corrected chi connectivity index (χ2v) is 5.58. The van der Waals surface area contributed by atoms with E-state index >= 15 is 0 Å². The number of hydrogen-bond acceptors (Lipinski definition) is 6. The molecule has 0 aliphatic carbocycles. The van der Waals surface area contributed by atoms with Crippen LogP contribution in [-0.4, -0.2) is 38.0 Å². The number of nitro benzene ring substituents is 1. The summed E-state index contributed by atoms with van der Waals surface area (Å²) < 4.78 is 4.63. The number of hydrogen-bond donors (Lipinski definition) is 1. The quantitative estimate of drug-likeness (QED) is 0.484. The number of nitrogens with one attached hydrogen (secondary N) is 1. The van der Waals surface area contributed by atoms with E-state index in [0.717, 1.165) is 5.56 Å². The first-order valence-corrected chi connectivity index (χ1v) is 7.76. The van der Waals surface area contributed by atoms with Gasteiger partial charge in [0, 0.05) is 38.0 Å². The molecule has 0 atom stereocenters. The number of rotatable bonds is 6. The predicted octanol–water partition coefficient (Wildman–Crippen LogP) is 2.38. The summed E-state index contributed by atoms with van der Waals surface area (Å²) in [7, 11) is 4.54. The lowest BCUT2D eigenvalue weighted by molar-refractivity contribution is -0.385. The van der Waals surface area contributed by atoms with E-state index in [1.807, 2.05) is 17.0 Å². The summed E-state index contributed by atoms with van der Waals surface area (Å²) in [5.41, 5.74) is 1.73. The van der Waals surface area contributed by atoms with Gasteiger partial charge in [-0.15, -0.1) is 0 Å². The maximum atomic E-state index is 11.8. The number of carbonyl (C=O) groups is 2. The number of nitro groups is 1. The molecule has 1 N–H and O–H groups in total. The normalized spacial score (nSPS) is 10.1. The highest BCUT2D eigenvalue weighted by Gasteiger charge is 2.22. The Morgan fingerprint density at radius 1 is 1.19 bits per heavy atom. The summed E-state index contributed by atoms with van der Waals surface area (Å²) in [5, 5.41) is 13.6. The fourth-order valence-corrected chi connectivity index (χ4v) is 2.47. The molecule has 0 aliphatic rings. The Labute approximate surface area is 150 Å². The molecule has 8 nitrogen and oxygen atoms in total. The zero-order valence-electron chi connectivity index (χ0n) is 14.7. The molecule has 0 radical (unpaired) electrons. The molecule has 2 aromatic carbocycles. The van der Waals surface area contributed by atoms with Gasteiger partial charge in [0.25, 0.3) is 11.6 Å². The van der Waals surface area contributed by atoms with Crippen LogP contribution in [0.15, 0.2) is 42.5 Å². The van der Waals surface area contributed by atoms with Crippen LogP contribution in [0.5, 0.6) is 0 Å². The van der Waals surface area contributed by atoms with Gasteiger partial charge in [-0.2, -0.15) is 0 Å². The zero-order chi connectivity index (χ0) is 19.3. The molecule has 0 bridgehead atoms. The number of amides is 1. The van der Waals surface area contributed by atoms with E-state index in [1.165, 1.54) is 19.2 Å². The average molecular weight is 357 g/mol. The summed E-state index contributed by atoms with van der Waals surface area (Å²) in [5.74, 6) is -0.926. The van der Waals surface area contributed by atoms with Crippen molar-refractivity contribution in [2.45, 2.75) is 6.54 Å². The number of carbonyl (C=O) groups excluding carboxylic acids is 2. The first kappa shape index (κ1) is 18.9. The van der Waals surface area contributed by atoms with Crippen LogP contribution in [0.25, 0.3) is 0 Å². The molecule has 2 aromatic rings. The van der Waals surface area contributed by atoms with Crippen LogP contribution in [0.4, 0.5) is 11.4 Å². The Bertz CT molecular complexity index is 833. The van der Waals surface area contributed by atoms with Gasteiger partial charge in [0.15, 0.2) is 0 Å². The number of anilines is 1. The minimum absolute atomic E-state index is 0.100. The predicted molar refractivity (Wildman–Crippen MR) is 96.4 cm³/mol. The first-order chi connectivity index (χ1) is 12.4. The smallest absolute Gasteiger partial charge is 0.344 e. The van der Waals surface area contributed by atoms with Crippen molar-refractivity contribution in [3.8, 4) is 0 Å². The standard InChI is InChI=1S/C18H19N3O5/c1-19-17(22)13-6-4-12(5-7-13)11-20(2)14-8-9-16(21(24)25)15(10-14)18(23)26-3/h4-10H,11H2,1-3H3,(H,19,22). The molecule has 0 aliphatic heterocycles. The third-order valence-electron chi connectivity index (χ3n) is 3.89. The van der Waals surface area contributed by atoms with Crippen molar-refractivity contribution in [2.75, 3.05) is 26.1 Å². The number of nitrogens with zero attached hydrogens (tertiary/aromatic N) is 2. The number of ether oxygens (including phenoxy) is 1. The molecule has 0 spiro atoms. The summed E-state index contributed by atoms with van der Waals surface area (Å²) >= 11 is 0. The molecule has 0 aromatic heterocycles. The van der Waals surface area contributed by atoms with Crippen molar-refractivity contribution in [2.24, 2.45) is 0 Å². The summed E-state index contributed by atoms with van der Waals surface area (Å²) in [6.07, 6.45) is 0. The van der Waals surface area contributed by atoms with Crippen LogP contribution in [0.2, 0.25) is 0 Å². The van der Waals surface area contributed by atoms with Gasteiger partial charge < -0.3 is 15.0 Å². The minimum Gasteiger partial charge on any atom is -0.465 e. The van der Waals surface area contributed by atoms with E-state index in [1.54, 1.807) is 32.3 Å². The summed E-state index contributed by atoms with van der Waals surface area (Å²) in [6.45, 7) is 0.493. The molecule has 0 saturated carbocycles. The fraction of sp³-hybridized carbons (Fsp3) is 0.222. The molecule has 0 fully saturated rings. The van der Waals surface area contributed by atoms with Crippen molar-refractivity contribution in [3.05, 3.63) is 69.3 Å². The molecule has 8 heteroatoms. The van der Waals surface area contributed by atoms with Crippen LogP contribution in [0.1, 0.15) is 26.3 Å². The zero-order valence-corrected chi connectivity index (χ0v) is 14.7. The van der Waals surface area contributed by atoms with Crippen LogP contribution < -0.4 is 10.2 Å². The minimum atomic E-state index is -0.762. The van der Waals surface area contributed by atoms with Crippen molar-refractivity contribution in [3.63, 3.8) is 0 Å².